The van der Waals surface area contributed by atoms with Crippen LogP contribution in [0.2, 0.25) is 5.02 Å². The number of hydrogen-bond acceptors (Lipinski definition) is 4. The zero-order valence-electron chi connectivity index (χ0n) is 92.4. The maximum atomic E-state index is 9.32. The quantitative estimate of drug-likeness (QED) is 0.124. The molecule has 127 heavy (non-hydrogen) atoms. The van der Waals surface area contributed by atoms with Crippen LogP contribution in [0.5, 0.6) is 0 Å². The highest BCUT2D eigenvalue weighted by atomic mass is 35.5. The van der Waals surface area contributed by atoms with Crippen molar-refractivity contribution in [3.63, 3.8) is 0 Å². The number of nitrogens with zero attached hydrogens (tertiary/aromatic N) is 3. The molecule has 5 heteroatoms. The average Bonchev–Trinajstić information content (AvgIpc) is 0.744. The van der Waals surface area contributed by atoms with Crippen LogP contribution in [0.4, 0.5) is 62.6 Å². The molecule has 0 bridgehead atoms. The van der Waals surface area contributed by atoms with Gasteiger partial charge in [0, 0.05) is 73.0 Å². The molecule has 0 aliphatic heterocycles. The molecule has 12 aromatic rings. The van der Waals surface area contributed by atoms with Crippen LogP contribution < -0.4 is 20.0 Å². The Kier molecular flexibility index (Phi) is 21.7. The van der Waals surface area contributed by atoms with Gasteiger partial charge in [-0.15, -0.1) is 0 Å². The number of nitrogens with one attached hydrogen (secondary N) is 1. The number of benzene rings is 12. The van der Waals surface area contributed by atoms with Gasteiger partial charge in [-0.05, 0) is 353 Å². The van der Waals surface area contributed by atoms with E-state index < -0.39 is 6.04 Å². The topological polar surface area (TPSA) is 21.8 Å². The van der Waals surface area contributed by atoms with Crippen LogP contribution in [0.15, 0.2) is 255 Å². The number of hydrogen-bond donors (Lipinski definition) is 1. The van der Waals surface area contributed by atoms with E-state index in [4.69, 9.17) is 22.6 Å². The van der Waals surface area contributed by atoms with Gasteiger partial charge in [0.15, 0.2) is 0 Å². The molecule has 4 aliphatic rings. The van der Waals surface area contributed by atoms with E-state index in [1.54, 1.807) is 0 Å². The highest BCUT2D eigenvalue weighted by molar-refractivity contribution is 6.31. The van der Waals surface area contributed by atoms with Crippen molar-refractivity contribution < 1.29 is 13.7 Å². The highest BCUT2D eigenvalue weighted by Gasteiger charge is 2.43. The van der Waals surface area contributed by atoms with Gasteiger partial charge in [0.25, 0.3) is 0 Å². The summed E-state index contributed by atoms with van der Waals surface area (Å²) in [7, 11) is 0. The summed E-state index contributed by atoms with van der Waals surface area (Å²) in [6.45, 7) is 68.4. The van der Waals surface area contributed by atoms with Crippen molar-refractivity contribution in [3.8, 4) is 22.3 Å². The lowest BCUT2D eigenvalue weighted by Crippen LogP contribution is -2.34. The van der Waals surface area contributed by atoms with Crippen LogP contribution in [0.3, 0.4) is 0 Å². The molecular formula is C122H149ClN4. The molecule has 664 valence electrons. The van der Waals surface area contributed by atoms with Gasteiger partial charge in [-0.2, -0.15) is 0 Å². The smallest absolute Gasteiger partial charge is 0.0629 e. The Morgan fingerprint density at radius 1 is 0.276 bits per heavy atom. The fourth-order valence-corrected chi connectivity index (χ4v) is 20.1. The van der Waals surface area contributed by atoms with Gasteiger partial charge < -0.3 is 20.0 Å². The molecule has 0 heterocycles. The molecule has 0 unspecified atom stereocenters. The van der Waals surface area contributed by atoms with E-state index in [2.05, 4.69) is 379 Å². The summed E-state index contributed by atoms with van der Waals surface area (Å²) >= 11 is 6.64. The molecule has 0 aromatic heterocycles. The molecule has 0 spiro atoms. The van der Waals surface area contributed by atoms with Gasteiger partial charge in [0.1, 0.15) is 0 Å². The number of fused-ring (bicyclic) bond motifs is 4. The number of anilines is 11. The molecule has 16 rings (SSSR count). The third-order valence-electron chi connectivity index (χ3n) is 28.7. The maximum absolute atomic E-state index is 9.32. The van der Waals surface area contributed by atoms with Gasteiger partial charge in [-0.1, -0.05) is 327 Å². The fourth-order valence-electron chi connectivity index (χ4n) is 19.9. The zero-order chi connectivity index (χ0) is 101. The minimum atomic E-state index is -0.404. The van der Waals surface area contributed by atoms with Gasteiger partial charge in [-0.25, -0.2) is 0 Å². The summed E-state index contributed by atoms with van der Waals surface area (Å²) in [5, 5.41) is 4.21. The number of rotatable bonds is 13. The first-order valence-electron chi connectivity index (χ1n) is 51.6. The van der Waals surface area contributed by atoms with E-state index in [-0.39, 0.29) is 130 Å². The second-order valence-corrected chi connectivity index (χ2v) is 47.2. The molecule has 4 aliphatic carbocycles. The molecule has 4 nitrogen and oxygen atoms in total. The van der Waals surface area contributed by atoms with E-state index >= 15 is 0 Å². The summed E-state index contributed by atoms with van der Waals surface area (Å²) in [5.41, 5.74) is 30.8. The lowest BCUT2D eigenvalue weighted by molar-refractivity contribution is 0.332. The Labute approximate surface area is 786 Å². The fraction of sp³-hybridized carbons (Fsp3) is 0.410. The van der Waals surface area contributed by atoms with Crippen LogP contribution >= 0.6 is 11.6 Å². The Morgan fingerprint density at radius 2 is 0.583 bits per heavy atom. The van der Waals surface area contributed by atoms with Crippen molar-refractivity contribution in [3.05, 3.63) is 337 Å². The standard InChI is InChI=1S/C61H74N2.C35H44ClN.C26H31N/c1-41-34-48(62(46-25-27-51-53(39-46)60(12,13)32-30-58(51,8)9)47-26-28-52-54(40-47)61(14,15)33-31-59(52,10)11)38-49(35-41)63(45-23-19-22-43(36-45)56(2,3)4)55-29-24-44(57(5,6)7)37-50(55)42-20-17-16-18-21-42;1-23-18-24(36)20-27(19-23)37(25-10-12-28-30(21-25)34(6,7)16-14-32(28,2)3)26-11-13-29-31(22-26)35(8,9)17-15-33(29,4)5;1-25(2,3)20-13-10-14-22(17-20)27-24-16-15-21(26(4,5)6)18-23(24)19-11-8-7-9-12-19/h16-29,34-40H,30-33H2,1-15H3;10-13,18-22H,14-17H2,1-9H3;7-18,27H,1-6H3/i16D,17D,18D,20D,21D;;7D,8D,9D,11D,12D. The Morgan fingerprint density at radius 3 is 0.961 bits per heavy atom. The largest absolute Gasteiger partial charge is 0.355 e. The monoisotopic (exact) mass is 1720 g/mol. The lowest BCUT2D eigenvalue weighted by atomic mass is 9.63. The molecule has 0 atom stereocenters. The highest BCUT2D eigenvalue weighted by Crippen LogP contribution is 2.56. The van der Waals surface area contributed by atoms with Gasteiger partial charge >= 0.3 is 0 Å². The van der Waals surface area contributed by atoms with E-state index in [9.17, 15) is 2.74 Å². The van der Waals surface area contributed by atoms with E-state index in [0.717, 1.165) is 98.5 Å². The number of aryl methyl sites for hydroxylation is 2. The van der Waals surface area contributed by atoms with Crippen molar-refractivity contribution in [2.75, 3.05) is 20.0 Å². The number of halogens is 1. The molecule has 0 saturated carbocycles. The average molecular weight is 1720 g/mol. The van der Waals surface area contributed by atoms with Crippen LogP contribution in [0.1, 0.15) is 337 Å². The van der Waals surface area contributed by atoms with Gasteiger partial charge in [0.2, 0.25) is 0 Å². The molecule has 1 N–H and O–H groups in total. The molecule has 0 radical (unpaired) electrons. The summed E-state index contributed by atoms with van der Waals surface area (Å²) in [4.78, 5) is 7.12. The van der Waals surface area contributed by atoms with Gasteiger partial charge in [0.05, 0.1) is 19.4 Å². The normalized spacial score (nSPS) is 18.3. The van der Waals surface area contributed by atoms with E-state index in [1.165, 1.54) is 92.7 Å². The van der Waals surface area contributed by atoms with Crippen molar-refractivity contribution in [2.24, 2.45) is 0 Å². The van der Waals surface area contributed by atoms with Crippen LogP contribution in [-0.4, -0.2) is 0 Å². The van der Waals surface area contributed by atoms with E-state index in [0.29, 0.717) is 16.8 Å². The molecule has 0 fully saturated rings. The second-order valence-electron chi connectivity index (χ2n) is 46.8. The first kappa shape index (κ1) is 80.4. The predicted molar refractivity (Wildman–Crippen MR) is 554 cm³/mol. The van der Waals surface area contributed by atoms with E-state index in [1.807, 2.05) is 42.5 Å². The molecule has 0 amide bonds. The van der Waals surface area contributed by atoms with Crippen molar-refractivity contribution in [1.29, 1.82) is 0 Å². The van der Waals surface area contributed by atoms with Crippen molar-refractivity contribution in [2.45, 2.75) is 324 Å². The summed E-state index contributed by atoms with van der Waals surface area (Å²) in [5.74, 6) is 0. The van der Waals surface area contributed by atoms with Gasteiger partial charge in [-0.3, -0.25) is 0 Å². The molecule has 12 aromatic carbocycles. The van der Waals surface area contributed by atoms with Crippen molar-refractivity contribution >= 4 is 74.2 Å². The van der Waals surface area contributed by atoms with Crippen LogP contribution in [-0.2, 0) is 65.0 Å². The Hall–Kier alpha value is -9.87. The first-order chi connectivity index (χ1) is 63.2. The Bertz CT molecular complexity index is 6450. The summed E-state index contributed by atoms with van der Waals surface area (Å²) in [6.07, 6.45) is 9.35. The summed E-state index contributed by atoms with van der Waals surface area (Å²) in [6, 6.07) is 67.8. The maximum Gasteiger partial charge on any atom is 0.0629 e. The minimum absolute atomic E-state index is 0.0000535. The molecule has 0 saturated heterocycles. The van der Waals surface area contributed by atoms with Crippen molar-refractivity contribution in [1.82, 2.24) is 0 Å². The van der Waals surface area contributed by atoms with Crippen LogP contribution in [0, 0.1) is 13.8 Å². The Balaban J connectivity index is 0.000000182. The molecular weight excluding hydrogens is 1560 g/mol. The predicted octanol–water partition coefficient (Wildman–Crippen LogP) is 36.4. The third-order valence-corrected chi connectivity index (χ3v) is 29.0. The van der Waals surface area contributed by atoms with Crippen LogP contribution in [0.25, 0.3) is 22.3 Å². The second kappa shape index (κ2) is 34.2. The summed E-state index contributed by atoms with van der Waals surface area (Å²) < 4.78 is 86.0. The SMILES string of the molecule is Cc1cc(Cl)cc(N(c2ccc3c(c2)C(C)(C)CCC3(C)C)c2ccc3c(c2)C(C)(C)CCC3(C)C)c1.[2H]c1c([2H])c([2H])c(-c2cc(C(C)(C)C)ccc2N(c2cc(C)cc(N(c3ccc4c(c3)C(C)(C)CCC4(C)C)c3ccc4c(c3)C(C)(C)CCC4(C)C)c2)c2cccc(C(C)(C)C)c2)c([2H])c1[2H].[2H]c1c([2H])c([2H])c(-c2cc(C(C)(C)C)ccc2Nc2cccc(C(C)(C)C)c2)c([2H])c1[2H]. The first-order valence-corrected chi connectivity index (χ1v) is 46.9. The zero-order valence-corrected chi connectivity index (χ0v) is 83.1. The lowest BCUT2D eigenvalue weighted by Gasteiger charge is -2.43. The third kappa shape index (κ3) is 19.8. The minimum Gasteiger partial charge on any atom is -0.355 e.